The normalized spacial score (nSPS) is 22.7. The molecule has 1 saturated heterocycles. The molecule has 2 atom stereocenters. The number of hydrogen-bond acceptors (Lipinski definition) is 4. The number of aromatic nitrogens is 2. The van der Waals surface area contributed by atoms with Crippen molar-refractivity contribution in [3.63, 3.8) is 0 Å². The predicted molar refractivity (Wildman–Crippen MR) is 118 cm³/mol. The number of nitrogens with zero attached hydrogens (tertiary/aromatic N) is 3. The molecule has 1 spiro atoms. The number of carbonyl (C=O) groups excluding carboxylic acids is 1. The van der Waals surface area contributed by atoms with Crippen molar-refractivity contribution in [2.24, 2.45) is 0 Å². The predicted octanol–water partition coefficient (Wildman–Crippen LogP) is 3.26. The summed E-state index contributed by atoms with van der Waals surface area (Å²) in [5.74, 6) is 3.11. The fourth-order valence-corrected chi connectivity index (χ4v) is 4.90. The molecular formula is C25H22F2N4O2. The molecule has 1 aliphatic carbocycles. The first-order valence-electron chi connectivity index (χ1n) is 10.7. The molecule has 1 unspecified atom stereocenters. The Labute approximate surface area is 189 Å². The summed E-state index contributed by atoms with van der Waals surface area (Å²) in [6.07, 6.45) is 2.33. The number of carbonyl (C=O) groups is 1. The number of aliphatic hydroxyl groups is 1. The lowest BCUT2D eigenvalue weighted by Crippen LogP contribution is -2.65. The molecule has 0 bridgehead atoms. The first-order chi connectivity index (χ1) is 15.9. The fourth-order valence-electron chi connectivity index (χ4n) is 4.90. The van der Waals surface area contributed by atoms with Crippen molar-refractivity contribution in [2.75, 3.05) is 11.9 Å². The SMILES string of the molecule is CN1C(O)N(c2c(F)cc(C#Cc3ccccc3)cc2F)C(=O)C[C@]12CCCc1[nH]ncc12. The van der Waals surface area contributed by atoms with E-state index in [-0.39, 0.29) is 12.0 Å². The van der Waals surface area contributed by atoms with Gasteiger partial charge in [-0.05, 0) is 50.6 Å². The first kappa shape index (κ1) is 21.3. The Morgan fingerprint density at radius 1 is 1.15 bits per heavy atom. The number of nitrogens with one attached hydrogen (secondary N) is 1. The van der Waals surface area contributed by atoms with Crippen molar-refractivity contribution in [3.05, 3.63) is 82.7 Å². The van der Waals surface area contributed by atoms with E-state index in [1.165, 1.54) is 0 Å². The second kappa shape index (κ2) is 8.10. The van der Waals surface area contributed by atoms with Crippen molar-refractivity contribution < 1.29 is 18.7 Å². The van der Waals surface area contributed by atoms with Crippen molar-refractivity contribution in [1.29, 1.82) is 0 Å². The standard InChI is InChI=1S/C25H22F2N4O2/c1-30-24(33)31(22(32)14-25(30)11-5-8-21-18(25)15-28-29-21)23-19(26)12-17(13-20(23)27)10-9-16-6-3-2-4-7-16/h2-4,6-7,12-13,15,24,33H,5,8,11,14H2,1H3,(H,28,29)/t24?,25-/m0/s1. The third-order valence-electron chi connectivity index (χ3n) is 6.58. The molecule has 1 aromatic heterocycles. The lowest BCUT2D eigenvalue weighted by atomic mass is 9.75. The smallest absolute Gasteiger partial charge is 0.232 e. The van der Waals surface area contributed by atoms with E-state index in [1.807, 2.05) is 18.2 Å². The number of amides is 1. The number of aryl methyl sites for hydroxylation is 1. The van der Waals surface area contributed by atoms with Gasteiger partial charge in [-0.25, -0.2) is 8.78 Å². The van der Waals surface area contributed by atoms with Crippen LogP contribution in [0.1, 0.15) is 41.6 Å². The molecule has 5 rings (SSSR count). The lowest BCUT2D eigenvalue weighted by Gasteiger charge is -2.52. The van der Waals surface area contributed by atoms with Crippen molar-refractivity contribution in [1.82, 2.24) is 15.1 Å². The Kier molecular flexibility index (Phi) is 5.23. The average molecular weight is 448 g/mol. The molecule has 2 heterocycles. The van der Waals surface area contributed by atoms with Crippen LogP contribution in [-0.2, 0) is 16.8 Å². The Morgan fingerprint density at radius 2 is 1.85 bits per heavy atom. The summed E-state index contributed by atoms with van der Waals surface area (Å²) in [6, 6.07) is 11.2. The van der Waals surface area contributed by atoms with Crippen LogP contribution in [0, 0.1) is 23.5 Å². The minimum atomic E-state index is -1.54. The highest BCUT2D eigenvalue weighted by Gasteiger charge is 2.52. The number of H-pyrrole nitrogens is 1. The maximum atomic E-state index is 15.1. The molecule has 2 aliphatic rings. The number of aromatic amines is 1. The fraction of sp³-hybridized carbons (Fsp3) is 0.280. The number of benzene rings is 2. The van der Waals surface area contributed by atoms with E-state index < -0.39 is 35.1 Å². The number of rotatable bonds is 1. The Morgan fingerprint density at radius 3 is 2.58 bits per heavy atom. The molecule has 1 fully saturated rings. The van der Waals surface area contributed by atoms with Crippen LogP contribution in [0.2, 0.25) is 0 Å². The van der Waals surface area contributed by atoms with Crippen LogP contribution in [-0.4, -0.2) is 39.5 Å². The van der Waals surface area contributed by atoms with Gasteiger partial charge in [-0.1, -0.05) is 30.0 Å². The van der Waals surface area contributed by atoms with E-state index in [1.54, 1.807) is 30.3 Å². The van der Waals surface area contributed by atoms with Gasteiger partial charge in [0.2, 0.25) is 5.91 Å². The summed E-state index contributed by atoms with van der Waals surface area (Å²) in [5.41, 5.74) is 1.25. The molecule has 3 aromatic rings. The zero-order valence-corrected chi connectivity index (χ0v) is 18.0. The minimum Gasteiger partial charge on any atom is -0.360 e. The number of aliphatic hydroxyl groups excluding tert-OH is 1. The average Bonchev–Trinajstić information content (AvgIpc) is 3.29. The van der Waals surface area contributed by atoms with Gasteiger partial charge in [-0.3, -0.25) is 19.7 Å². The summed E-state index contributed by atoms with van der Waals surface area (Å²) in [6.45, 7) is 0. The molecule has 2 N–H and O–H groups in total. The molecule has 0 radical (unpaired) electrons. The largest absolute Gasteiger partial charge is 0.360 e. The third-order valence-corrected chi connectivity index (χ3v) is 6.58. The topological polar surface area (TPSA) is 72.5 Å². The van der Waals surface area contributed by atoms with Crippen molar-refractivity contribution in [2.45, 2.75) is 37.6 Å². The maximum absolute atomic E-state index is 15.1. The Balaban J connectivity index is 1.48. The maximum Gasteiger partial charge on any atom is 0.232 e. The van der Waals surface area contributed by atoms with Gasteiger partial charge in [0.25, 0.3) is 0 Å². The summed E-state index contributed by atoms with van der Waals surface area (Å²) < 4.78 is 30.1. The van der Waals surface area contributed by atoms with Crippen LogP contribution in [0.3, 0.4) is 0 Å². The number of halogens is 2. The molecule has 8 heteroatoms. The third kappa shape index (κ3) is 3.50. The molecule has 1 aliphatic heterocycles. The molecule has 1 amide bonds. The molecule has 6 nitrogen and oxygen atoms in total. The Bertz CT molecular complexity index is 1260. The zero-order chi connectivity index (χ0) is 23.2. The van der Waals surface area contributed by atoms with Gasteiger partial charge in [-0.2, -0.15) is 5.10 Å². The van der Waals surface area contributed by atoms with Gasteiger partial charge in [0.1, 0.15) is 5.69 Å². The second-order valence-corrected chi connectivity index (χ2v) is 8.45. The van der Waals surface area contributed by atoms with E-state index in [0.29, 0.717) is 12.0 Å². The quantitative estimate of drug-likeness (QED) is 0.561. The molecule has 2 aromatic carbocycles. The molecule has 168 valence electrons. The highest BCUT2D eigenvalue weighted by atomic mass is 19.1. The van der Waals surface area contributed by atoms with Crippen LogP contribution >= 0.6 is 0 Å². The molecule has 33 heavy (non-hydrogen) atoms. The molecule has 0 saturated carbocycles. The van der Waals surface area contributed by atoms with E-state index >= 15 is 8.78 Å². The van der Waals surface area contributed by atoms with Crippen LogP contribution in [0.5, 0.6) is 0 Å². The number of hydrogen-bond donors (Lipinski definition) is 2. The summed E-state index contributed by atoms with van der Waals surface area (Å²) >= 11 is 0. The van der Waals surface area contributed by atoms with Crippen LogP contribution in [0.4, 0.5) is 14.5 Å². The van der Waals surface area contributed by atoms with Crippen molar-refractivity contribution in [3.8, 4) is 11.8 Å². The van der Waals surface area contributed by atoms with E-state index in [9.17, 15) is 9.90 Å². The highest BCUT2D eigenvalue weighted by molar-refractivity contribution is 5.95. The van der Waals surface area contributed by atoms with Gasteiger partial charge in [0, 0.05) is 22.4 Å². The Hall–Kier alpha value is -3.54. The van der Waals surface area contributed by atoms with E-state index in [2.05, 4.69) is 22.0 Å². The molecular weight excluding hydrogens is 426 g/mol. The van der Waals surface area contributed by atoms with E-state index in [4.69, 9.17) is 0 Å². The minimum absolute atomic E-state index is 0.0263. The summed E-state index contributed by atoms with van der Waals surface area (Å²) in [7, 11) is 1.65. The first-order valence-corrected chi connectivity index (χ1v) is 10.7. The van der Waals surface area contributed by atoms with Crippen LogP contribution < -0.4 is 4.90 Å². The summed E-state index contributed by atoms with van der Waals surface area (Å²) in [4.78, 5) is 15.6. The zero-order valence-electron chi connectivity index (χ0n) is 18.0. The van der Waals surface area contributed by atoms with Crippen LogP contribution in [0.15, 0.2) is 48.7 Å². The second-order valence-electron chi connectivity index (χ2n) is 8.45. The van der Waals surface area contributed by atoms with Crippen LogP contribution in [0.25, 0.3) is 0 Å². The van der Waals surface area contributed by atoms with Gasteiger partial charge in [-0.15, -0.1) is 0 Å². The van der Waals surface area contributed by atoms with Crippen molar-refractivity contribution >= 4 is 11.6 Å². The number of fused-ring (bicyclic) bond motifs is 2. The van der Waals surface area contributed by atoms with E-state index in [0.717, 1.165) is 41.1 Å². The highest BCUT2D eigenvalue weighted by Crippen LogP contribution is 2.46. The monoisotopic (exact) mass is 448 g/mol. The van der Waals surface area contributed by atoms with Gasteiger partial charge >= 0.3 is 0 Å². The lowest BCUT2D eigenvalue weighted by molar-refractivity contribution is -0.144. The van der Waals surface area contributed by atoms with Gasteiger partial charge in [0.05, 0.1) is 18.2 Å². The van der Waals surface area contributed by atoms with Gasteiger partial charge < -0.3 is 5.11 Å². The number of anilines is 1. The van der Waals surface area contributed by atoms with Gasteiger partial charge in [0.15, 0.2) is 18.0 Å². The summed E-state index contributed by atoms with van der Waals surface area (Å²) in [5, 5.41) is 18.1.